The maximum absolute atomic E-state index is 5.23. The summed E-state index contributed by atoms with van der Waals surface area (Å²) in [5.74, 6) is 0.756. The lowest BCUT2D eigenvalue weighted by molar-refractivity contribution is 0.0478. The van der Waals surface area contributed by atoms with Gasteiger partial charge in [0.05, 0.1) is 12.5 Å². The summed E-state index contributed by atoms with van der Waals surface area (Å²) in [6, 6.07) is 11.3. The van der Waals surface area contributed by atoms with Gasteiger partial charge in [-0.05, 0) is 40.9 Å². The van der Waals surface area contributed by atoms with Gasteiger partial charge in [0.25, 0.3) is 0 Å². The van der Waals surface area contributed by atoms with Crippen molar-refractivity contribution in [2.24, 2.45) is 11.3 Å². The minimum absolute atomic E-state index is 0. The van der Waals surface area contributed by atoms with Crippen LogP contribution < -0.4 is 4.90 Å². The molecule has 1 aromatic carbocycles. The smallest absolute Gasteiger partial charge is 0.0947 e. The molecule has 0 spiro atoms. The highest BCUT2D eigenvalue weighted by atomic mass is 35.5. The van der Waals surface area contributed by atoms with Crippen molar-refractivity contribution in [3.05, 3.63) is 54.0 Å². The lowest BCUT2D eigenvalue weighted by Crippen LogP contribution is -2.49. The third-order valence-corrected chi connectivity index (χ3v) is 8.17. The predicted octanol–water partition coefficient (Wildman–Crippen LogP) is 6.13. The third kappa shape index (κ3) is 4.09. The topological polar surface area (TPSA) is 19.6 Å². The molecule has 2 fully saturated rings. The molecular weight excluding hydrogens is 380 g/mol. The van der Waals surface area contributed by atoms with Gasteiger partial charge in [0.2, 0.25) is 0 Å². The molecule has 1 aliphatic heterocycles. The van der Waals surface area contributed by atoms with E-state index in [1.54, 1.807) is 11.8 Å². The summed E-state index contributed by atoms with van der Waals surface area (Å²) in [6.45, 7) is 15.4. The van der Waals surface area contributed by atoms with E-state index in [1.165, 1.54) is 30.5 Å². The van der Waals surface area contributed by atoms with Gasteiger partial charge in [-0.2, -0.15) is 0 Å². The van der Waals surface area contributed by atoms with Crippen molar-refractivity contribution in [2.75, 3.05) is 31.1 Å². The summed E-state index contributed by atoms with van der Waals surface area (Å²) in [7, 11) is 0. The van der Waals surface area contributed by atoms with Gasteiger partial charge in [-0.15, -0.1) is 12.4 Å². The average molecular weight is 417 g/mol. The molecule has 1 saturated carbocycles. The normalized spacial score (nSPS) is 27.4. The second-order valence-corrected chi connectivity index (χ2v) is 9.76. The van der Waals surface area contributed by atoms with Crippen molar-refractivity contribution >= 4 is 18.1 Å². The fourth-order valence-corrected chi connectivity index (χ4v) is 5.47. The maximum atomic E-state index is 5.23. The lowest BCUT2D eigenvalue weighted by atomic mass is 9.52. The molecule has 0 radical (unpaired) electrons. The second kappa shape index (κ2) is 8.73. The van der Waals surface area contributed by atoms with E-state index < -0.39 is 0 Å². The number of hydrogen-bond donors (Lipinski definition) is 0. The zero-order valence-electron chi connectivity index (χ0n) is 18.5. The van der Waals surface area contributed by atoms with E-state index in [9.17, 15) is 0 Å². The Kier molecular flexibility index (Phi) is 6.70. The molecule has 0 N–H and O–H groups in total. The molecule has 29 heavy (non-hydrogen) atoms. The van der Waals surface area contributed by atoms with Crippen LogP contribution in [0.3, 0.4) is 0 Å². The van der Waals surface area contributed by atoms with E-state index >= 15 is 0 Å². The van der Waals surface area contributed by atoms with Crippen LogP contribution in [0.25, 0.3) is 0 Å². The fraction of sp³-hybridized carbons (Fsp3) is 0.600. The standard InChI is InChI=1S/C25H36N2O.ClH/c1-20-8-7-12-25(4,24(20,2)3)22-9-5-6-10-23(22)27-15-13-26(14-16-27)18-21-11-17-28-19-21;/h5-6,9-11,17,19-20H,7-8,12-16,18H2,1-4H3;1H. The van der Waals surface area contributed by atoms with E-state index in [4.69, 9.17) is 4.42 Å². The summed E-state index contributed by atoms with van der Waals surface area (Å²) in [6.07, 6.45) is 7.64. The minimum atomic E-state index is 0. The Morgan fingerprint density at radius 2 is 1.76 bits per heavy atom. The number of anilines is 1. The number of para-hydroxylation sites is 1. The SMILES string of the molecule is CC1CCCC(C)(c2ccccc2N2CCN(Cc3ccoc3)CC2)C1(C)C.Cl. The molecule has 2 heterocycles. The number of piperazine rings is 1. The Morgan fingerprint density at radius 3 is 2.45 bits per heavy atom. The number of hydrogen-bond acceptors (Lipinski definition) is 3. The zero-order valence-corrected chi connectivity index (χ0v) is 19.3. The first-order valence-electron chi connectivity index (χ1n) is 11.0. The van der Waals surface area contributed by atoms with Crippen LogP contribution >= 0.6 is 12.4 Å². The molecule has 4 heteroatoms. The van der Waals surface area contributed by atoms with Crippen LogP contribution in [0.2, 0.25) is 0 Å². The van der Waals surface area contributed by atoms with Gasteiger partial charge in [-0.25, -0.2) is 0 Å². The zero-order chi connectivity index (χ0) is 19.8. The fourth-order valence-electron chi connectivity index (χ4n) is 5.47. The van der Waals surface area contributed by atoms with Gasteiger partial charge in [0.1, 0.15) is 0 Å². The van der Waals surface area contributed by atoms with Gasteiger partial charge in [0.15, 0.2) is 0 Å². The number of halogens is 1. The van der Waals surface area contributed by atoms with Crippen LogP contribution in [-0.4, -0.2) is 31.1 Å². The summed E-state index contributed by atoms with van der Waals surface area (Å²) in [5, 5.41) is 0. The average Bonchev–Trinajstić information content (AvgIpc) is 3.20. The number of nitrogens with zero attached hydrogens (tertiary/aromatic N) is 2. The van der Waals surface area contributed by atoms with Crippen LogP contribution in [0.1, 0.15) is 58.1 Å². The lowest BCUT2D eigenvalue weighted by Gasteiger charge is -2.53. The Balaban J connectivity index is 0.00000240. The molecule has 4 rings (SSSR count). The molecule has 1 aliphatic carbocycles. The van der Waals surface area contributed by atoms with Gasteiger partial charge >= 0.3 is 0 Å². The van der Waals surface area contributed by atoms with Crippen LogP contribution in [0.4, 0.5) is 5.69 Å². The van der Waals surface area contributed by atoms with E-state index in [0.29, 0.717) is 5.41 Å². The molecular formula is C25H37ClN2O. The van der Waals surface area contributed by atoms with Crippen LogP contribution in [0.5, 0.6) is 0 Å². The first kappa shape index (κ1) is 22.2. The molecule has 3 nitrogen and oxygen atoms in total. The van der Waals surface area contributed by atoms with E-state index in [0.717, 1.165) is 38.6 Å². The van der Waals surface area contributed by atoms with Crippen molar-refractivity contribution in [1.82, 2.24) is 4.90 Å². The number of furan rings is 1. The molecule has 160 valence electrons. The Hall–Kier alpha value is -1.45. The molecule has 2 aliphatic rings. The number of rotatable bonds is 4. The minimum Gasteiger partial charge on any atom is -0.472 e. The van der Waals surface area contributed by atoms with Crippen molar-refractivity contribution in [3.63, 3.8) is 0 Å². The largest absolute Gasteiger partial charge is 0.472 e. The molecule has 1 aromatic heterocycles. The highest BCUT2D eigenvalue weighted by molar-refractivity contribution is 5.85. The van der Waals surface area contributed by atoms with Gasteiger partial charge in [-0.1, -0.05) is 58.7 Å². The first-order valence-corrected chi connectivity index (χ1v) is 11.0. The summed E-state index contributed by atoms with van der Waals surface area (Å²) in [4.78, 5) is 5.17. The highest BCUT2D eigenvalue weighted by Gasteiger charge is 2.49. The van der Waals surface area contributed by atoms with Gasteiger partial charge in [-0.3, -0.25) is 4.90 Å². The number of benzene rings is 1. The van der Waals surface area contributed by atoms with Crippen molar-refractivity contribution in [2.45, 2.75) is 58.9 Å². The molecule has 1 saturated heterocycles. The predicted molar refractivity (Wildman–Crippen MR) is 124 cm³/mol. The maximum Gasteiger partial charge on any atom is 0.0947 e. The van der Waals surface area contributed by atoms with Gasteiger partial charge < -0.3 is 9.32 Å². The van der Waals surface area contributed by atoms with Gasteiger partial charge in [0, 0.05) is 44.0 Å². The molecule has 0 bridgehead atoms. The quantitative estimate of drug-likeness (QED) is 0.597. The third-order valence-electron chi connectivity index (χ3n) is 8.17. The Bertz CT molecular complexity index is 780. The van der Waals surface area contributed by atoms with Crippen LogP contribution in [0.15, 0.2) is 47.3 Å². The van der Waals surface area contributed by atoms with Crippen LogP contribution in [0, 0.1) is 11.3 Å². The highest BCUT2D eigenvalue weighted by Crippen LogP contribution is 2.56. The molecule has 2 unspecified atom stereocenters. The van der Waals surface area contributed by atoms with E-state index in [1.807, 2.05) is 6.26 Å². The van der Waals surface area contributed by atoms with Crippen molar-refractivity contribution in [3.8, 4) is 0 Å². The summed E-state index contributed by atoms with van der Waals surface area (Å²) < 4.78 is 5.23. The second-order valence-electron chi connectivity index (χ2n) is 9.76. The molecule has 2 atom stereocenters. The Morgan fingerprint density at radius 1 is 1.03 bits per heavy atom. The van der Waals surface area contributed by atoms with Crippen LogP contribution in [-0.2, 0) is 12.0 Å². The Labute approximate surface area is 182 Å². The van der Waals surface area contributed by atoms with Crippen molar-refractivity contribution in [1.29, 1.82) is 0 Å². The van der Waals surface area contributed by atoms with E-state index in [2.05, 4.69) is 67.8 Å². The monoisotopic (exact) mass is 416 g/mol. The van der Waals surface area contributed by atoms with Crippen molar-refractivity contribution < 1.29 is 4.42 Å². The summed E-state index contributed by atoms with van der Waals surface area (Å²) in [5.41, 5.74) is 4.85. The van der Waals surface area contributed by atoms with E-state index in [-0.39, 0.29) is 17.8 Å². The first-order chi connectivity index (χ1) is 13.4. The summed E-state index contributed by atoms with van der Waals surface area (Å²) >= 11 is 0. The molecule has 0 amide bonds. The molecule has 2 aromatic rings.